The molecule has 2 N–H and O–H groups in total. The second kappa shape index (κ2) is 8.54. The molecular weight excluding hydrogens is 278 g/mol. The molecule has 1 aliphatic heterocycles. The Labute approximate surface area is 132 Å². The Kier molecular flexibility index (Phi) is 6.40. The summed E-state index contributed by atoms with van der Waals surface area (Å²) in [6.45, 7) is 4.93. The van der Waals surface area contributed by atoms with Crippen LogP contribution >= 0.6 is 0 Å². The van der Waals surface area contributed by atoms with Crippen molar-refractivity contribution in [1.29, 1.82) is 0 Å². The Morgan fingerprint density at radius 1 is 1.18 bits per heavy atom. The molecule has 0 spiro atoms. The van der Waals surface area contributed by atoms with Gasteiger partial charge < -0.3 is 10.6 Å². The van der Waals surface area contributed by atoms with Gasteiger partial charge in [0.2, 0.25) is 5.91 Å². The molecule has 5 nitrogen and oxygen atoms in total. The predicted octanol–water partition coefficient (Wildman–Crippen LogP) is 1.41. The van der Waals surface area contributed by atoms with Crippen LogP contribution in [0.2, 0.25) is 0 Å². The molecule has 5 heteroatoms. The van der Waals surface area contributed by atoms with Crippen LogP contribution in [0.15, 0.2) is 30.3 Å². The van der Waals surface area contributed by atoms with E-state index in [1.807, 2.05) is 37.3 Å². The number of nitrogens with zero attached hydrogens (tertiary/aromatic N) is 1. The number of nitrogens with one attached hydrogen (secondary N) is 2. The number of amides is 2. The molecule has 2 amide bonds. The Hall–Kier alpha value is -1.88. The van der Waals surface area contributed by atoms with Crippen molar-refractivity contribution in [2.45, 2.75) is 32.2 Å². The lowest BCUT2D eigenvalue weighted by molar-refractivity contribution is -0.122. The van der Waals surface area contributed by atoms with E-state index in [1.165, 1.54) is 0 Å². The zero-order chi connectivity index (χ0) is 15.8. The predicted molar refractivity (Wildman–Crippen MR) is 86.7 cm³/mol. The van der Waals surface area contributed by atoms with Gasteiger partial charge in [0.25, 0.3) is 5.91 Å². The highest BCUT2D eigenvalue weighted by molar-refractivity contribution is 5.94. The SMILES string of the molecule is CCCNC(=O)CN1CCC(NC(=O)c2ccccc2)CC1. The third kappa shape index (κ3) is 5.15. The van der Waals surface area contributed by atoms with Crippen molar-refractivity contribution in [2.24, 2.45) is 0 Å². The summed E-state index contributed by atoms with van der Waals surface area (Å²) in [5.74, 6) is 0.0772. The first-order valence-electron chi connectivity index (χ1n) is 8.04. The highest BCUT2D eigenvalue weighted by Gasteiger charge is 2.22. The number of likely N-dealkylation sites (tertiary alicyclic amines) is 1. The Bertz CT molecular complexity index is 482. The van der Waals surface area contributed by atoms with Crippen molar-refractivity contribution in [3.63, 3.8) is 0 Å². The summed E-state index contributed by atoms with van der Waals surface area (Å²) in [6, 6.07) is 9.48. The molecule has 1 saturated heterocycles. The third-order valence-corrected chi connectivity index (χ3v) is 3.90. The van der Waals surface area contributed by atoms with E-state index in [-0.39, 0.29) is 17.9 Å². The Balaban J connectivity index is 1.71. The second-order valence-electron chi connectivity index (χ2n) is 5.74. The zero-order valence-electron chi connectivity index (χ0n) is 13.2. The summed E-state index contributed by atoms with van der Waals surface area (Å²) < 4.78 is 0. The lowest BCUT2D eigenvalue weighted by atomic mass is 10.0. The van der Waals surface area contributed by atoms with Crippen molar-refractivity contribution in [1.82, 2.24) is 15.5 Å². The van der Waals surface area contributed by atoms with Crippen LogP contribution in [0.3, 0.4) is 0 Å². The first kappa shape index (κ1) is 16.5. The van der Waals surface area contributed by atoms with E-state index < -0.39 is 0 Å². The van der Waals surface area contributed by atoms with Gasteiger partial charge in [-0.1, -0.05) is 25.1 Å². The summed E-state index contributed by atoms with van der Waals surface area (Å²) in [4.78, 5) is 25.9. The number of benzene rings is 1. The molecular formula is C17H25N3O2. The average Bonchev–Trinajstić information content (AvgIpc) is 2.55. The number of piperidine rings is 1. The number of hydrogen-bond acceptors (Lipinski definition) is 3. The molecule has 0 saturated carbocycles. The Morgan fingerprint density at radius 3 is 2.50 bits per heavy atom. The van der Waals surface area contributed by atoms with Gasteiger partial charge in [-0.05, 0) is 31.4 Å². The van der Waals surface area contributed by atoms with Crippen LogP contribution in [0.5, 0.6) is 0 Å². The largest absolute Gasteiger partial charge is 0.355 e. The second-order valence-corrected chi connectivity index (χ2v) is 5.74. The lowest BCUT2D eigenvalue weighted by Gasteiger charge is -2.31. The van der Waals surface area contributed by atoms with Crippen molar-refractivity contribution in [2.75, 3.05) is 26.2 Å². The first-order chi connectivity index (χ1) is 10.7. The van der Waals surface area contributed by atoms with Crippen molar-refractivity contribution < 1.29 is 9.59 Å². The molecule has 1 aromatic rings. The fraction of sp³-hybridized carbons (Fsp3) is 0.529. The molecule has 1 aromatic carbocycles. The smallest absolute Gasteiger partial charge is 0.251 e. The average molecular weight is 303 g/mol. The quantitative estimate of drug-likeness (QED) is 0.835. The zero-order valence-corrected chi connectivity index (χ0v) is 13.2. The van der Waals surface area contributed by atoms with Gasteiger partial charge in [0.15, 0.2) is 0 Å². The Morgan fingerprint density at radius 2 is 1.86 bits per heavy atom. The molecule has 0 bridgehead atoms. The molecule has 120 valence electrons. The van der Waals surface area contributed by atoms with Gasteiger partial charge in [-0.2, -0.15) is 0 Å². The fourth-order valence-corrected chi connectivity index (χ4v) is 2.62. The third-order valence-electron chi connectivity index (χ3n) is 3.90. The highest BCUT2D eigenvalue weighted by atomic mass is 16.2. The molecule has 22 heavy (non-hydrogen) atoms. The lowest BCUT2D eigenvalue weighted by Crippen LogP contribution is -2.47. The minimum Gasteiger partial charge on any atom is -0.355 e. The summed E-state index contributed by atoms with van der Waals surface area (Å²) in [5, 5.41) is 5.97. The maximum Gasteiger partial charge on any atom is 0.251 e. The molecule has 1 fully saturated rings. The topological polar surface area (TPSA) is 61.4 Å². The summed E-state index contributed by atoms with van der Waals surface area (Å²) in [7, 11) is 0. The van der Waals surface area contributed by atoms with E-state index in [0.717, 1.165) is 38.9 Å². The summed E-state index contributed by atoms with van der Waals surface area (Å²) in [5.41, 5.74) is 0.698. The molecule has 0 atom stereocenters. The van der Waals surface area contributed by atoms with Gasteiger partial charge >= 0.3 is 0 Å². The van der Waals surface area contributed by atoms with Crippen LogP contribution in [0, 0.1) is 0 Å². The molecule has 0 unspecified atom stereocenters. The number of carbonyl (C=O) groups is 2. The number of rotatable bonds is 6. The van der Waals surface area contributed by atoms with E-state index in [4.69, 9.17) is 0 Å². The fourth-order valence-electron chi connectivity index (χ4n) is 2.62. The number of carbonyl (C=O) groups excluding carboxylic acids is 2. The van der Waals surface area contributed by atoms with Gasteiger partial charge in [-0.3, -0.25) is 14.5 Å². The van der Waals surface area contributed by atoms with E-state index >= 15 is 0 Å². The molecule has 0 radical (unpaired) electrons. The summed E-state index contributed by atoms with van der Waals surface area (Å²) in [6.07, 6.45) is 2.73. The van der Waals surface area contributed by atoms with Crippen molar-refractivity contribution >= 4 is 11.8 Å². The maximum atomic E-state index is 12.1. The maximum absolute atomic E-state index is 12.1. The van der Waals surface area contributed by atoms with E-state index in [9.17, 15) is 9.59 Å². The molecule has 0 aliphatic carbocycles. The van der Waals surface area contributed by atoms with Gasteiger partial charge in [0.1, 0.15) is 0 Å². The van der Waals surface area contributed by atoms with Crippen molar-refractivity contribution in [3.8, 4) is 0 Å². The molecule has 1 heterocycles. The van der Waals surface area contributed by atoms with Crippen LogP contribution in [0.25, 0.3) is 0 Å². The van der Waals surface area contributed by atoms with Crippen molar-refractivity contribution in [3.05, 3.63) is 35.9 Å². The standard InChI is InChI=1S/C17H25N3O2/c1-2-10-18-16(21)13-20-11-8-15(9-12-20)19-17(22)14-6-4-3-5-7-14/h3-7,15H,2,8-13H2,1H3,(H,18,21)(H,19,22). The van der Waals surface area contributed by atoms with Gasteiger partial charge in [0.05, 0.1) is 6.54 Å². The highest BCUT2D eigenvalue weighted by Crippen LogP contribution is 2.11. The monoisotopic (exact) mass is 303 g/mol. The minimum atomic E-state index is -0.0141. The van der Waals surface area contributed by atoms with E-state index in [0.29, 0.717) is 12.1 Å². The van der Waals surface area contributed by atoms with Gasteiger partial charge in [0, 0.05) is 31.2 Å². The van der Waals surface area contributed by atoms with Crippen LogP contribution in [-0.4, -0.2) is 48.9 Å². The number of hydrogen-bond donors (Lipinski definition) is 2. The van der Waals surface area contributed by atoms with Crippen LogP contribution < -0.4 is 10.6 Å². The normalized spacial score (nSPS) is 16.2. The van der Waals surface area contributed by atoms with Gasteiger partial charge in [-0.25, -0.2) is 0 Å². The molecule has 2 rings (SSSR count). The van der Waals surface area contributed by atoms with Crippen LogP contribution in [-0.2, 0) is 4.79 Å². The minimum absolute atomic E-state index is 0.0141. The first-order valence-corrected chi connectivity index (χ1v) is 8.04. The summed E-state index contributed by atoms with van der Waals surface area (Å²) >= 11 is 0. The molecule has 0 aromatic heterocycles. The van der Waals surface area contributed by atoms with Crippen LogP contribution in [0.4, 0.5) is 0 Å². The van der Waals surface area contributed by atoms with Gasteiger partial charge in [-0.15, -0.1) is 0 Å². The van der Waals surface area contributed by atoms with E-state index in [2.05, 4.69) is 15.5 Å². The van der Waals surface area contributed by atoms with Crippen LogP contribution in [0.1, 0.15) is 36.5 Å². The molecule has 1 aliphatic rings. The van der Waals surface area contributed by atoms with E-state index in [1.54, 1.807) is 0 Å².